The number of non-ortho nitro benzene ring substituents is 1. The molecule has 0 spiro atoms. The second-order valence-corrected chi connectivity index (χ2v) is 5.71. The summed E-state index contributed by atoms with van der Waals surface area (Å²) >= 11 is 5.89. The standard InChI is InChI=1S/C18H17ClN2O7/c1-2-26-15-5-3-4-6-16(15)27-11-18(23)28-10-17(22)20-14-9-12(21(24)25)7-8-13(14)19/h3-9H,2,10-11H2,1H3,(H,20,22). The monoisotopic (exact) mass is 408 g/mol. The summed E-state index contributed by atoms with van der Waals surface area (Å²) in [6.07, 6.45) is 0. The molecule has 0 aliphatic rings. The van der Waals surface area contributed by atoms with Crippen molar-refractivity contribution in [3.05, 3.63) is 57.6 Å². The predicted molar refractivity (Wildman–Crippen MR) is 101 cm³/mol. The highest BCUT2D eigenvalue weighted by Crippen LogP contribution is 2.27. The Morgan fingerprint density at radius 3 is 2.43 bits per heavy atom. The number of benzene rings is 2. The average Bonchev–Trinajstić information content (AvgIpc) is 2.67. The molecule has 9 nitrogen and oxygen atoms in total. The van der Waals surface area contributed by atoms with Crippen LogP contribution in [0.15, 0.2) is 42.5 Å². The highest BCUT2D eigenvalue weighted by molar-refractivity contribution is 6.33. The summed E-state index contributed by atoms with van der Waals surface area (Å²) in [7, 11) is 0. The fraction of sp³-hybridized carbons (Fsp3) is 0.222. The molecule has 0 aromatic heterocycles. The first-order chi connectivity index (χ1) is 13.4. The molecule has 10 heteroatoms. The number of ether oxygens (including phenoxy) is 3. The largest absolute Gasteiger partial charge is 0.490 e. The average molecular weight is 409 g/mol. The van der Waals surface area contributed by atoms with Crippen molar-refractivity contribution in [1.82, 2.24) is 0 Å². The quantitative estimate of drug-likeness (QED) is 0.384. The number of hydrogen-bond acceptors (Lipinski definition) is 7. The molecule has 1 amide bonds. The summed E-state index contributed by atoms with van der Waals surface area (Å²) in [6, 6.07) is 10.4. The highest BCUT2D eigenvalue weighted by atomic mass is 35.5. The van der Waals surface area contributed by atoms with E-state index >= 15 is 0 Å². The fourth-order valence-electron chi connectivity index (χ4n) is 2.08. The zero-order valence-corrected chi connectivity index (χ0v) is 15.6. The molecule has 0 unspecified atom stereocenters. The van der Waals surface area contributed by atoms with Gasteiger partial charge in [-0.2, -0.15) is 0 Å². The van der Waals surface area contributed by atoms with Gasteiger partial charge in [0.1, 0.15) is 0 Å². The summed E-state index contributed by atoms with van der Waals surface area (Å²) in [5.74, 6) is -0.623. The third kappa shape index (κ3) is 6.13. The second-order valence-electron chi connectivity index (χ2n) is 5.30. The zero-order chi connectivity index (χ0) is 20.5. The molecular formula is C18H17ClN2O7. The van der Waals surface area contributed by atoms with E-state index in [0.29, 0.717) is 18.1 Å². The van der Waals surface area contributed by atoms with Crippen molar-refractivity contribution in [3.8, 4) is 11.5 Å². The Kier molecular flexibility index (Phi) is 7.58. The third-order valence-corrected chi connectivity index (χ3v) is 3.62. The van der Waals surface area contributed by atoms with Gasteiger partial charge in [-0.3, -0.25) is 14.9 Å². The van der Waals surface area contributed by atoms with Crippen molar-refractivity contribution >= 4 is 34.9 Å². The molecule has 0 atom stereocenters. The minimum atomic E-state index is -0.772. The van der Waals surface area contributed by atoms with E-state index in [2.05, 4.69) is 5.32 Å². The number of nitrogens with one attached hydrogen (secondary N) is 1. The molecule has 0 aliphatic heterocycles. The van der Waals surface area contributed by atoms with Gasteiger partial charge in [0.25, 0.3) is 11.6 Å². The van der Waals surface area contributed by atoms with Gasteiger partial charge in [0, 0.05) is 12.1 Å². The van der Waals surface area contributed by atoms with E-state index in [1.54, 1.807) is 24.3 Å². The number of nitro groups is 1. The molecular weight excluding hydrogens is 392 g/mol. The summed E-state index contributed by atoms with van der Waals surface area (Å²) in [5, 5.41) is 13.2. The summed E-state index contributed by atoms with van der Waals surface area (Å²) in [6.45, 7) is 1.23. The van der Waals surface area contributed by atoms with E-state index in [1.165, 1.54) is 12.1 Å². The first-order valence-electron chi connectivity index (χ1n) is 8.14. The van der Waals surface area contributed by atoms with Gasteiger partial charge in [0.05, 0.1) is 22.2 Å². The number of anilines is 1. The number of amides is 1. The van der Waals surface area contributed by atoms with Gasteiger partial charge in [0.15, 0.2) is 24.7 Å². The van der Waals surface area contributed by atoms with Crippen molar-refractivity contribution in [2.75, 3.05) is 25.1 Å². The third-order valence-electron chi connectivity index (χ3n) is 3.29. The molecule has 1 N–H and O–H groups in total. The number of carbonyl (C=O) groups excluding carboxylic acids is 2. The Bertz CT molecular complexity index is 873. The maximum atomic E-state index is 11.9. The first-order valence-corrected chi connectivity index (χ1v) is 8.52. The second kappa shape index (κ2) is 10.1. The van der Waals surface area contributed by atoms with E-state index in [1.807, 2.05) is 6.92 Å². The molecule has 148 valence electrons. The molecule has 2 rings (SSSR count). The van der Waals surface area contributed by atoms with Crippen molar-refractivity contribution in [2.45, 2.75) is 6.92 Å². The summed E-state index contributed by atoms with van der Waals surface area (Å²) in [5.41, 5.74) is -0.197. The maximum Gasteiger partial charge on any atom is 0.344 e. The van der Waals surface area contributed by atoms with Crippen molar-refractivity contribution in [1.29, 1.82) is 0 Å². The SMILES string of the molecule is CCOc1ccccc1OCC(=O)OCC(=O)Nc1cc([N+](=O)[O-])ccc1Cl. The summed E-state index contributed by atoms with van der Waals surface area (Å²) < 4.78 is 15.5. The van der Waals surface area contributed by atoms with Crippen LogP contribution in [0.1, 0.15) is 6.92 Å². The maximum absolute atomic E-state index is 11.9. The van der Waals surface area contributed by atoms with Crippen LogP contribution >= 0.6 is 11.6 Å². The summed E-state index contributed by atoms with van der Waals surface area (Å²) in [4.78, 5) is 33.8. The van der Waals surface area contributed by atoms with Crippen molar-refractivity contribution < 1.29 is 28.7 Å². The minimum Gasteiger partial charge on any atom is -0.490 e. The molecule has 0 aliphatic carbocycles. The number of para-hydroxylation sites is 2. The molecule has 0 heterocycles. The lowest BCUT2D eigenvalue weighted by Crippen LogP contribution is -2.23. The Morgan fingerprint density at radius 2 is 1.79 bits per heavy atom. The minimum absolute atomic E-state index is 0.0406. The van der Waals surface area contributed by atoms with Gasteiger partial charge in [0.2, 0.25) is 0 Å². The van der Waals surface area contributed by atoms with Crippen LogP contribution in [0.4, 0.5) is 11.4 Å². The van der Waals surface area contributed by atoms with Gasteiger partial charge >= 0.3 is 5.97 Å². The topological polar surface area (TPSA) is 117 Å². The lowest BCUT2D eigenvalue weighted by Gasteiger charge is -2.11. The predicted octanol–water partition coefficient (Wildman–Crippen LogP) is 3.21. The fourth-order valence-corrected chi connectivity index (χ4v) is 2.24. The molecule has 0 fully saturated rings. The zero-order valence-electron chi connectivity index (χ0n) is 14.8. The number of nitrogens with zero attached hydrogens (tertiary/aromatic N) is 1. The highest BCUT2D eigenvalue weighted by Gasteiger charge is 2.14. The number of hydrogen-bond donors (Lipinski definition) is 1. The molecule has 0 radical (unpaired) electrons. The smallest absolute Gasteiger partial charge is 0.344 e. The molecule has 2 aromatic rings. The van der Waals surface area contributed by atoms with Crippen LogP contribution in [0.5, 0.6) is 11.5 Å². The normalized spacial score (nSPS) is 10.1. The van der Waals surface area contributed by atoms with Crippen LogP contribution in [-0.4, -0.2) is 36.6 Å². The Labute approximate surface area is 165 Å². The first kappa shape index (κ1) is 21.0. The Hall–Kier alpha value is -3.33. The number of rotatable bonds is 9. The van der Waals surface area contributed by atoms with E-state index in [0.717, 1.165) is 6.07 Å². The molecule has 0 saturated carbocycles. The van der Waals surface area contributed by atoms with E-state index < -0.39 is 30.0 Å². The Balaban J connectivity index is 1.84. The van der Waals surface area contributed by atoms with Crippen LogP contribution in [0.25, 0.3) is 0 Å². The van der Waals surface area contributed by atoms with E-state index in [9.17, 15) is 19.7 Å². The molecule has 28 heavy (non-hydrogen) atoms. The number of halogens is 1. The van der Waals surface area contributed by atoms with Crippen molar-refractivity contribution in [3.63, 3.8) is 0 Å². The number of nitro benzene ring substituents is 1. The lowest BCUT2D eigenvalue weighted by atomic mass is 10.3. The molecule has 0 saturated heterocycles. The Morgan fingerprint density at radius 1 is 1.11 bits per heavy atom. The van der Waals surface area contributed by atoms with Crippen LogP contribution in [0.2, 0.25) is 5.02 Å². The van der Waals surface area contributed by atoms with Crippen LogP contribution < -0.4 is 14.8 Å². The lowest BCUT2D eigenvalue weighted by molar-refractivity contribution is -0.384. The molecule has 2 aromatic carbocycles. The molecule has 0 bridgehead atoms. The van der Waals surface area contributed by atoms with Gasteiger partial charge in [-0.1, -0.05) is 23.7 Å². The van der Waals surface area contributed by atoms with Gasteiger partial charge in [-0.25, -0.2) is 4.79 Å². The van der Waals surface area contributed by atoms with Crippen molar-refractivity contribution in [2.24, 2.45) is 0 Å². The number of esters is 1. The van der Waals surface area contributed by atoms with Crippen LogP contribution in [0.3, 0.4) is 0 Å². The van der Waals surface area contributed by atoms with E-state index in [4.69, 9.17) is 25.8 Å². The van der Waals surface area contributed by atoms with E-state index in [-0.39, 0.29) is 16.4 Å². The van der Waals surface area contributed by atoms with Gasteiger partial charge < -0.3 is 19.5 Å². The van der Waals surface area contributed by atoms with Crippen LogP contribution in [0, 0.1) is 10.1 Å². The van der Waals surface area contributed by atoms with Gasteiger partial charge in [-0.05, 0) is 25.1 Å². The van der Waals surface area contributed by atoms with Gasteiger partial charge in [-0.15, -0.1) is 0 Å². The van der Waals surface area contributed by atoms with Crippen LogP contribution in [-0.2, 0) is 14.3 Å². The number of carbonyl (C=O) groups is 2.